The molecule has 1 aromatic heterocycles. The van der Waals surface area contributed by atoms with E-state index in [0.29, 0.717) is 11.3 Å². The van der Waals surface area contributed by atoms with Crippen LogP contribution in [-0.4, -0.2) is 5.11 Å². The van der Waals surface area contributed by atoms with E-state index >= 15 is 0 Å². The highest BCUT2D eigenvalue weighted by molar-refractivity contribution is 5.82. The predicted molar refractivity (Wildman–Crippen MR) is 72.0 cm³/mol. The second-order valence-electron chi connectivity index (χ2n) is 4.54. The zero-order valence-corrected chi connectivity index (χ0v) is 10.6. The first kappa shape index (κ1) is 12.7. The van der Waals surface area contributed by atoms with Crippen molar-refractivity contribution in [2.24, 2.45) is 0 Å². The fourth-order valence-corrected chi connectivity index (χ4v) is 2.09. The summed E-state index contributed by atoms with van der Waals surface area (Å²) < 4.78 is 5.64. The predicted octanol–water partition coefficient (Wildman–Crippen LogP) is 3.62. The van der Waals surface area contributed by atoms with Crippen molar-refractivity contribution in [3.8, 4) is 5.75 Å². The highest BCUT2D eigenvalue weighted by Gasteiger charge is 2.08. The fraction of sp³-hybridized carbons (Fsp3) is 0.400. The summed E-state index contributed by atoms with van der Waals surface area (Å²) in [4.78, 5) is 11.9. The van der Waals surface area contributed by atoms with Gasteiger partial charge in [-0.15, -0.1) is 0 Å². The SMILES string of the molecule is CCCCCCc1cc(=O)c2c(O)cccc2o1. The lowest BCUT2D eigenvalue weighted by Gasteiger charge is -2.03. The van der Waals surface area contributed by atoms with E-state index in [2.05, 4.69) is 6.92 Å². The molecule has 0 amide bonds. The van der Waals surface area contributed by atoms with Gasteiger partial charge < -0.3 is 9.52 Å². The van der Waals surface area contributed by atoms with Crippen molar-refractivity contribution in [1.29, 1.82) is 0 Å². The quantitative estimate of drug-likeness (QED) is 0.820. The van der Waals surface area contributed by atoms with E-state index in [1.807, 2.05) is 0 Å². The molecule has 0 saturated heterocycles. The van der Waals surface area contributed by atoms with E-state index in [1.165, 1.54) is 25.0 Å². The molecule has 0 aliphatic heterocycles. The molecule has 0 aliphatic rings. The highest BCUT2D eigenvalue weighted by Crippen LogP contribution is 2.22. The summed E-state index contributed by atoms with van der Waals surface area (Å²) >= 11 is 0. The lowest BCUT2D eigenvalue weighted by molar-refractivity contribution is 0.476. The van der Waals surface area contributed by atoms with Crippen LogP contribution in [0.15, 0.2) is 33.5 Å². The summed E-state index contributed by atoms with van der Waals surface area (Å²) in [5.41, 5.74) is 0.299. The van der Waals surface area contributed by atoms with E-state index in [-0.39, 0.29) is 16.6 Å². The van der Waals surface area contributed by atoms with Crippen molar-refractivity contribution in [3.05, 3.63) is 40.2 Å². The van der Waals surface area contributed by atoms with Crippen LogP contribution in [0.2, 0.25) is 0 Å². The van der Waals surface area contributed by atoms with E-state index in [0.717, 1.165) is 19.3 Å². The Morgan fingerprint density at radius 1 is 1.22 bits per heavy atom. The molecule has 2 rings (SSSR count). The van der Waals surface area contributed by atoms with E-state index < -0.39 is 0 Å². The van der Waals surface area contributed by atoms with Crippen LogP contribution in [0.3, 0.4) is 0 Å². The Balaban J connectivity index is 2.24. The summed E-state index contributed by atoms with van der Waals surface area (Å²) in [6.45, 7) is 2.17. The Bertz CT molecular complexity index is 584. The highest BCUT2D eigenvalue weighted by atomic mass is 16.3. The third kappa shape index (κ3) is 2.73. The van der Waals surface area contributed by atoms with E-state index in [1.54, 1.807) is 12.1 Å². The maximum Gasteiger partial charge on any atom is 0.196 e. The molecule has 0 unspecified atom stereocenters. The van der Waals surface area contributed by atoms with Gasteiger partial charge >= 0.3 is 0 Å². The summed E-state index contributed by atoms with van der Waals surface area (Å²) in [6.07, 6.45) is 5.36. The first-order chi connectivity index (χ1) is 8.72. The second-order valence-corrected chi connectivity index (χ2v) is 4.54. The topological polar surface area (TPSA) is 50.4 Å². The number of fused-ring (bicyclic) bond motifs is 1. The third-order valence-electron chi connectivity index (χ3n) is 3.06. The van der Waals surface area contributed by atoms with Crippen LogP contribution in [0.5, 0.6) is 5.75 Å². The number of hydrogen-bond acceptors (Lipinski definition) is 3. The number of phenolic OH excluding ortho intramolecular Hbond substituents is 1. The summed E-state index contributed by atoms with van der Waals surface area (Å²) in [5, 5.41) is 9.90. The van der Waals surface area contributed by atoms with Crippen LogP contribution < -0.4 is 5.43 Å². The molecule has 0 atom stereocenters. The van der Waals surface area contributed by atoms with Gasteiger partial charge in [-0.2, -0.15) is 0 Å². The molecular weight excluding hydrogens is 228 g/mol. The molecule has 0 saturated carbocycles. The smallest absolute Gasteiger partial charge is 0.196 e. The molecule has 0 spiro atoms. The number of aromatic hydroxyl groups is 1. The van der Waals surface area contributed by atoms with E-state index in [9.17, 15) is 9.90 Å². The Morgan fingerprint density at radius 2 is 2.06 bits per heavy atom. The summed E-state index contributed by atoms with van der Waals surface area (Å²) in [7, 11) is 0. The normalized spacial score (nSPS) is 10.9. The fourth-order valence-electron chi connectivity index (χ4n) is 2.09. The minimum Gasteiger partial charge on any atom is -0.507 e. The van der Waals surface area contributed by atoms with Crippen molar-refractivity contribution in [1.82, 2.24) is 0 Å². The number of rotatable bonds is 5. The first-order valence-corrected chi connectivity index (χ1v) is 6.47. The molecule has 96 valence electrons. The van der Waals surface area contributed by atoms with Gasteiger partial charge in [-0.1, -0.05) is 32.3 Å². The van der Waals surface area contributed by atoms with Gasteiger partial charge in [0.1, 0.15) is 22.5 Å². The Kier molecular flexibility index (Phi) is 4.03. The first-order valence-electron chi connectivity index (χ1n) is 6.47. The van der Waals surface area contributed by atoms with Gasteiger partial charge in [0.2, 0.25) is 0 Å². The Hall–Kier alpha value is -1.77. The van der Waals surface area contributed by atoms with Crippen LogP contribution in [0.25, 0.3) is 11.0 Å². The Labute approximate surface area is 106 Å². The molecule has 3 heteroatoms. The van der Waals surface area contributed by atoms with Crippen molar-refractivity contribution in [2.45, 2.75) is 39.0 Å². The van der Waals surface area contributed by atoms with E-state index in [4.69, 9.17) is 4.42 Å². The van der Waals surface area contributed by atoms with Crippen LogP contribution in [0.1, 0.15) is 38.4 Å². The molecule has 3 nitrogen and oxygen atoms in total. The van der Waals surface area contributed by atoms with Crippen LogP contribution in [0, 0.1) is 0 Å². The monoisotopic (exact) mass is 246 g/mol. The maximum absolute atomic E-state index is 11.9. The zero-order valence-electron chi connectivity index (χ0n) is 10.6. The van der Waals surface area contributed by atoms with Crippen molar-refractivity contribution >= 4 is 11.0 Å². The van der Waals surface area contributed by atoms with Gasteiger partial charge in [0.25, 0.3) is 0 Å². The summed E-state index contributed by atoms with van der Waals surface area (Å²) in [5.74, 6) is 0.688. The van der Waals surface area contributed by atoms with Gasteiger partial charge in [-0.3, -0.25) is 4.79 Å². The van der Waals surface area contributed by atoms with Gasteiger partial charge in [-0.25, -0.2) is 0 Å². The number of unbranched alkanes of at least 4 members (excludes halogenated alkanes) is 3. The van der Waals surface area contributed by atoms with Gasteiger partial charge in [0.05, 0.1) is 0 Å². The second kappa shape index (κ2) is 5.71. The van der Waals surface area contributed by atoms with Gasteiger partial charge in [0.15, 0.2) is 5.43 Å². The molecule has 1 heterocycles. The maximum atomic E-state index is 11.9. The zero-order chi connectivity index (χ0) is 13.0. The minimum atomic E-state index is -0.167. The molecular formula is C15H18O3. The molecule has 2 aromatic rings. The average Bonchev–Trinajstić information content (AvgIpc) is 2.34. The van der Waals surface area contributed by atoms with Crippen molar-refractivity contribution < 1.29 is 9.52 Å². The van der Waals surface area contributed by atoms with Crippen LogP contribution in [0.4, 0.5) is 0 Å². The molecule has 1 aromatic carbocycles. The number of phenols is 1. The average molecular weight is 246 g/mol. The largest absolute Gasteiger partial charge is 0.507 e. The lowest BCUT2D eigenvalue weighted by Crippen LogP contribution is -2.02. The number of benzene rings is 1. The molecule has 18 heavy (non-hydrogen) atoms. The van der Waals surface area contributed by atoms with Gasteiger partial charge in [0, 0.05) is 12.5 Å². The molecule has 0 aliphatic carbocycles. The third-order valence-corrected chi connectivity index (χ3v) is 3.06. The number of hydrogen-bond donors (Lipinski definition) is 1. The number of aryl methyl sites for hydroxylation is 1. The lowest BCUT2D eigenvalue weighted by atomic mass is 10.1. The summed E-state index contributed by atoms with van der Waals surface area (Å²) in [6, 6.07) is 6.39. The molecule has 0 radical (unpaired) electrons. The van der Waals surface area contributed by atoms with Crippen molar-refractivity contribution in [3.63, 3.8) is 0 Å². The van der Waals surface area contributed by atoms with Crippen LogP contribution in [-0.2, 0) is 6.42 Å². The molecule has 1 N–H and O–H groups in total. The molecule has 0 fully saturated rings. The molecule has 0 bridgehead atoms. The Morgan fingerprint density at radius 3 is 2.83 bits per heavy atom. The van der Waals surface area contributed by atoms with Crippen molar-refractivity contribution in [2.75, 3.05) is 0 Å². The van der Waals surface area contributed by atoms with Crippen LogP contribution >= 0.6 is 0 Å². The minimum absolute atomic E-state index is 0.0150. The van der Waals surface area contributed by atoms with Gasteiger partial charge in [-0.05, 0) is 18.6 Å². The standard InChI is InChI=1S/C15H18O3/c1-2-3-4-5-7-11-10-13(17)15-12(16)8-6-9-14(15)18-11/h6,8-10,16H,2-5,7H2,1H3.